The normalized spacial score (nSPS) is 25.0. The minimum absolute atomic E-state index is 0.608. The van der Waals surface area contributed by atoms with Crippen molar-refractivity contribution in [3.63, 3.8) is 0 Å². The summed E-state index contributed by atoms with van der Waals surface area (Å²) in [7, 11) is 0. The lowest BCUT2D eigenvalue weighted by atomic mass is 9.97. The van der Waals surface area contributed by atoms with Crippen LogP contribution >= 0.6 is 0 Å². The molecule has 0 saturated carbocycles. The van der Waals surface area contributed by atoms with Gasteiger partial charge < -0.3 is 24.8 Å². The van der Waals surface area contributed by atoms with Gasteiger partial charge in [0.2, 0.25) is 6.29 Å². The van der Waals surface area contributed by atoms with E-state index in [4.69, 9.17) is 9.47 Å². The van der Waals surface area contributed by atoms with Crippen molar-refractivity contribution in [1.29, 1.82) is 0 Å². The second kappa shape index (κ2) is 9.28. The third-order valence-corrected chi connectivity index (χ3v) is 3.43. The van der Waals surface area contributed by atoms with E-state index in [-0.39, 0.29) is 0 Å². The highest BCUT2D eigenvalue weighted by molar-refractivity contribution is 5.82. The lowest BCUT2D eigenvalue weighted by molar-refractivity contribution is -0.233. The molecule has 1 heterocycles. The lowest BCUT2D eigenvalue weighted by Gasteiger charge is -2.40. The maximum Gasteiger partial charge on any atom is 0.471 e. The van der Waals surface area contributed by atoms with Crippen molar-refractivity contribution in [3.05, 3.63) is 0 Å². The summed E-state index contributed by atoms with van der Waals surface area (Å²) in [5, 5.41) is 2.94. The van der Waals surface area contributed by atoms with Gasteiger partial charge in [0, 0.05) is 26.8 Å². The summed E-state index contributed by atoms with van der Waals surface area (Å²) in [6, 6.07) is -1.65. The predicted octanol–water partition coefficient (Wildman–Crippen LogP) is 0.322. The highest BCUT2D eigenvalue weighted by atomic mass is 19.4. The average molecular weight is 438 g/mol. The Balaban J connectivity index is 3.10. The summed E-state index contributed by atoms with van der Waals surface area (Å²) in [6.45, 7) is 0.795. The first-order chi connectivity index (χ1) is 13.1. The molecule has 0 aromatic heterocycles. The van der Waals surface area contributed by atoms with Gasteiger partial charge in [-0.05, 0) is 0 Å². The van der Waals surface area contributed by atoms with Crippen molar-refractivity contribution in [2.45, 2.75) is 57.2 Å². The molecule has 0 aromatic rings. The number of rotatable bonds is 5. The summed E-state index contributed by atoms with van der Waals surface area (Å²) < 4.78 is 89.3. The first-order valence-corrected chi connectivity index (χ1v) is 7.84. The Hall–Kier alpha value is -2.58. The number of ether oxygens (including phenoxy) is 3. The van der Waals surface area contributed by atoms with Gasteiger partial charge in [-0.1, -0.05) is 0 Å². The van der Waals surface area contributed by atoms with E-state index < -0.39 is 73.6 Å². The van der Waals surface area contributed by atoms with Crippen LogP contribution in [0.5, 0.6) is 0 Å². The molecule has 1 fully saturated rings. The van der Waals surface area contributed by atoms with Crippen LogP contribution in [0.4, 0.5) is 26.3 Å². The zero-order valence-corrected chi connectivity index (χ0v) is 14.8. The molecule has 2 N–H and O–H groups in total. The standard InChI is InChI=1S/C14H16F6N2O7/c1-5(23)27-9-3-7(22-12(26)14(18,19)20)10(28-6(2)24)8(29-9)4-21-11(25)13(15,16)17/h7-10H,3-4H2,1-2H3,(H,21,25)(H,22,26)/t7-,8-,9-,10-/m0/s1. The summed E-state index contributed by atoms with van der Waals surface area (Å²) in [6.07, 6.45) is -16.2. The number of halogens is 6. The molecule has 1 saturated heterocycles. The Morgan fingerprint density at radius 2 is 1.45 bits per heavy atom. The van der Waals surface area contributed by atoms with Crippen LogP contribution in [0.15, 0.2) is 0 Å². The highest BCUT2D eigenvalue weighted by Gasteiger charge is 2.48. The van der Waals surface area contributed by atoms with E-state index >= 15 is 0 Å². The highest BCUT2D eigenvalue weighted by Crippen LogP contribution is 2.26. The van der Waals surface area contributed by atoms with Crippen LogP contribution < -0.4 is 10.6 Å². The number of esters is 2. The van der Waals surface area contributed by atoms with E-state index in [0.29, 0.717) is 0 Å². The minimum atomic E-state index is -5.32. The minimum Gasteiger partial charge on any atom is -0.458 e. The van der Waals surface area contributed by atoms with E-state index in [2.05, 4.69) is 4.74 Å². The molecular formula is C14H16F6N2O7. The first kappa shape index (κ1) is 24.5. The van der Waals surface area contributed by atoms with Gasteiger partial charge in [-0.3, -0.25) is 19.2 Å². The number of carbonyl (C=O) groups is 4. The summed E-state index contributed by atoms with van der Waals surface area (Å²) >= 11 is 0. The SMILES string of the molecule is CC(=O)O[C@@H]1C[C@H](NC(=O)C(F)(F)F)[C@H](OC(C)=O)[C@H](CNC(=O)C(F)(F)F)O1. The van der Waals surface area contributed by atoms with Gasteiger partial charge in [0.25, 0.3) is 0 Å². The van der Waals surface area contributed by atoms with E-state index in [9.17, 15) is 45.5 Å². The molecule has 1 rings (SSSR count). The fraction of sp³-hybridized carbons (Fsp3) is 0.714. The number of carbonyl (C=O) groups excluding carboxylic acids is 4. The molecule has 0 aliphatic carbocycles. The number of amides is 2. The maximum absolute atomic E-state index is 12.6. The fourth-order valence-corrected chi connectivity index (χ4v) is 2.39. The third kappa shape index (κ3) is 7.75. The van der Waals surface area contributed by atoms with Crippen LogP contribution in [0.1, 0.15) is 20.3 Å². The number of nitrogens with one attached hydrogen (secondary N) is 2. The van der Waals surface area contributed by atoms with Crippen LogP contribution in [0, 0.1) is 0 Å². The number of alkyl halides is 6. The van der Waals surface area contributed by atoms with E-state index in [1.165, 1.54) is 10.6 Å². The van der Waals surface area contributed by atoms with E-state index in [1.54, 1.807) is 0 Å². The second-order valence-corrected chi connectivity index (χ2v) is 5.81. The molecule has 2 amide bonds. The van der Waals surface area contributed by atoms with Crippen molar-refractivity contribution in [2.24, 2.45) is 0 Å². The Morgan fingerprint density at radius 3 is 1.90 bits per heavy atom. The zero-order chi connectivity index (χ0) is 22.6. The van der Waals surface area contributed by atoms with E-state index in [1.807, 2.05) is 0 Å². The first-order valence-electron chi connectivity index (χ1n) is 7.84. The van der Waals surface area contributed by atoms with Crippen LogP contribution in [-0.4, -0.2) is 67.2 Å². The van der Waals surface area contributed by atoms with Crippen molar-refractivity contribution in [1.82, 2.24) is 10.6 Å². The van der Waals surface area contributed by atoms with E-state index in [0.717, 1.165) is 13.8 Å². The largest absolute Gasteiger partial charge is 0.471 e. The van der Waals surface area contributed by atoms with Crippen LogP contribution in [0.3, 0.4) is 0 Å². The molecule has 166 valence electrons. The van der Waals surface area contributed by atoms with Crippen LogP contribution in [0.25, 0.3) is 0 Å². The van der Waals surface area contributed by atoms with Crippen molar-refractivity contribution < 1.29 is 59.7 Å². The average Bonchev–Trinajstić information content (AvgIpc) is 2.52. The lowest BCUT2D eigenvalue weighted by Crippen LogP contribution is -2.61. The van der Waals surface area contributed by atoms with Gasteiger partial charge in [-0.15, -0.1) is 0 Å². The van der Waals surface area contributed by atoms with Gasteiger partial charge in [0.05, 0.1) is 6.04 Å². The molecule has 15 heteroatoms. The van der Waals surface area contributed by atoms with Crippen molar-refractivity contribution in [2.75, 3.05) is 6.54 Å². The van der Waals surface area contributed by atoms with Gasteiger partial charge >= 0.3 is 36.1 Å². The molecule has 0 aromatic carbocycles. The summed E-state index contributed by atoms with van der Waals surface area (Å²) in [4.78, 5) is 44.6. The second-order valence-electron chi connectivity index (χ2n) is 5.81. The molecule has 9 nitrogen and oxygen atoms in total. The van der Waals surface area contributed by atoms with Crippen molar-refractivity contribution >= 4 is 23.8 Å². The van der Waals surface area contributed by atoms with Crippen LogP contribution in [-0.2, 0) is 33.4 Å². The Labute approximate surface area is 159 Å². The molecule has 0 spiro atoms. The number of hydrogen-bond acceptors (Lipinski definition) is 7. The van der Waals surface area contributed by atoms with Gasteiger partial charge in [-0.2, -0.15) is 26.3 Å². The fourth-order valence-electron chi connectivity index (χ4n) is 2.39. The zero-order valence-electron chi connectivity index (χ0n) is 14.8. The molecular weight excluding hydrogens is 422 g/mol. The van der Waals surface area contributed by atoms with Crippen molar-refractivity contribution in [3.8, 4) is 0 Å². The molecule has 0 unspecified atom stereocenters. The van der Waals surface area contributed by atoms with Gasteiger partial charge in [0.1, 0.15) is 12.2 Å². The Morgan fingerprint density at radius 1 is 0.931 bits per heavy atom. The third-order valence-electron chi connectivity index (χ3n) is 3.43. The quantitative estimate of drug-likeness (QED) is 0.469. The maximum atomic E-state index is 12.6. The van der Waals surface area contributed by atoms with Gasteiger partial charge in [-0.25, -0.2) is 0 Å². The Bertz CT molecular complexity index is 651. The molecule has 0 radical (unpaired) electrons. The summed E-state index contributed by atoms with van der Waals surface area (Å²) in [5.41, 5.74) is 0. The predicted molar refractivity (Wildman–Crippen MR) is 77.6 cm³/mol. The Kier molecular flexibility index (Phi) is 7.83. The number of hydrogen-bond donors (Lipinski definition) is 2. The molecule has 29 heavy (non-hydrogen) atoms. The van der Waals surface area contributed by atoms with Gasteiger partial charge in [0.15, 0.2) is 0 Å². The topological polar surface area (TPSA) is 120 Å². The molecule has 1 aliphatic rings. The monoisotopic (exact) mass is 438 g/mol. The molecule has 1 aliphatic heterocycles. The van der Waals surface area contributed by atoms with Crippen LogP contribution in [0.2, 0.25) is 0 Å². The molecule has 0 bridgehead atoms. The summed E-state index contributed by atoms with van der Waals surface area (Å²) in [5.74, 6) is -6.82. The smallest absolute Gasteiger partial charge is 0.458 e. The molecule has 4 atom stereocenters.